The summed E-state index contributed by atoms with van der Waals surface area (Å²) in [5, 5.41) is 0. The molecular formula is C47H42N2O9. The maximum absolute atomic E-state index is 12.2. The number of para-hydroxylation sites is 1. The molecule has 1 aliphatic heterocycles. The second kappa shape index (κ2) is 19.9. The highest BCUT2D eigenvalue weighted by Crippen LogP contribution is 2.31. The van der Waals surface area contributed by atoms with Gasteiger partial charge in [0.15, 0.2) is 30.4 Å². The first kappa shape index (κ1) is 40.9. The van der Waals surface area contributed by atoms with Gasteiger partial charge in [0.2, 0.25) is 0 Å². The van der Waals surface area contributed by atoms with Crippen LogP contribution in [-0.2, 0) is 38.1 Å². The average Bonchev–Trinajstić information content (AvgIpc) is 3.23. The summed E-state index contributed by atoms with van der Waals surface area (Å²) in [6, 6.07) is 29.3. The number of hydrogen-bond acceptors (Lipinski definition) is 11. The van der Waals surface area contributed by atoms with Gasteiger partial charge in [-0.05, 0) is 89.3 Å². The van der Waals surface area contributed by atoms with Crippen LogP contribution in [0.4, 0.5) is 0 Å². The molecule has 2 unspecified atom stereocenters. The minimum Gasteiger partial charge on any atom is -0.489 e. The highest BCUT2D eigenvalue weighted by atomic mass is 16.7. The number of pyridine rings is 2. The first-order chi connectivity index (χ1) is 28.2. The molecule has 0 aliphatic carbocycles. The molecule has 0 saturated carbocycles. The zero-order chi connectivity index (χ0) is 40.9. The lowest BCUT2D eigenvalue weighted by Crippen LogP contribution is -2.61. The monoisotopic (exact) mass is 778 g/mol. The molecule has 0 N–H and O–H groups in total. The van der Waals surface area contributed by atoms with Crippen LogP contribution in [0, 0.1) is 23.7 Å². The molecule has 0 bridgehead atoms. The second-order valence-corrected chi connectivity index (χ2v) is 13.2. The van der Waals surface area contributed by atoms with Crippen LogP contribution in [-0.4, -0.2) is 71.8 Å². The molecule has 5 aromatic rings. The van der Waals surface area contributed by atoms with E-state index in [1.165, 1.54) is 20.8 Å². The van der Waals surface area contributed by atoms with Crippen molar-refractivity contribution in [2.75, 3.05) is 13.2 Å². The van der Waals surface area contributed by atoms with Crippen molar-refractivity contribution < 1.29 is 42.8 Å². The molecule has 5 atom stereocenters. The summed E-state index contributed by atoms with van der Waals surface area (Å²) in [5.74, 6) is 11.5. The van der Waals surface area contributed by atoms with Crippen LogP contribution in [0.15, 0.2) is 116 Å². The van der Waals surface area contributed by atoms with Gasteiger partial charge in [-0.25, -0.2) is 0 Å². The van der Waals surface area contributed by atoms with Crippen LogP contribution in [0.3, 0.4) is 0 Å². The third-order valence-electron chi connectivity index (χ3n) is 9.01. The molecule has 6 rings (SSSR count). The Morgan fingerprint density at radius 1 is 0.569 bits per heavy atom. The number of benzene rings is 3. The van der Waals surface area contributed by atoms with Crippen molar-refractivity contribution in [2.24, 2.45) is 0 Å². The van der Waals surface area contributed by atoms with Gasteiger partial charge in [0, 0.05) is 56.7 Å². The Morgan fingerprint density at radius 3 is 1.48 bits per heavy atom. The highest BCUT2D eigenvalue weighted by Gasteiger charge is 2.51. The van der Waals surface area contributed by atoms with Gasteiger partial charge in [0.1, 0.15) is 12.7 Å². The molecule has 11 heteroatoms. The van der Waals surface area contributed by atoms with Gasteiger partial charge in [-0.1, -0.05) is 60.9 Å². The quantitative estimate of drug-likeness (QED) is 0.0598. The Hall–Kier alpha value is -6.79. The first-order valence-electron chi connectivity index (χ1n) is 18.8. The molecule has 0 radical (unpaired) electrons. The molecule has 1 aliphatic rings. The number of carbonyl (C=O) groups is 3. The summed E-state index contributed by atoms with van der Waals surface area (Å²) in [7, 11) is 0. The van der Waals surface area contributed by atoms with Gasteiger partial charge < -0.3 is 28.4 Å². The van der Waals surface area contributed by atoms with Gasteiger partial charge in [-0.2, -0.15) is 0 Å². The van der Waals surface area contributed by atoms with Gasteiger partial charge >= 0.3 is 17.9 Å². The van der Waals surface area contributed by atoms with Crippen LogP contribution in [0.25, 0.3) is 22.3 Å². The fourth-order valence-corrected chi connectivity index (χ4v) is 6.37. The van der Waals surface area contributed by atoms with Gasteiger partial charge in [-0.15, -0.1) is 0 Å². The number of esters is 3. The topological polar surface area (TPSA) is 132 Å². The van der Waals surface area contributed by atoms with E-state index in [0.29, 0.717) is 23.3 Å². The Bertz CT molecular complexity index is 2190. The summed E-state index contributed by atoms with van der Waals surface area (Å²) in [4.78, 5) is 44.6. The summed E-state index contributed by atoms with van der Waals surface area (Å²) in [6.45, 7) is 5.46. The highest BCUT2D eigenvalue weighted by molar-refractivity contribution is 5.69. The Morgan fingerprint density at radius 2 is 1.02 bits per heavy atom. The smallest absolute Gasteiger partial charge is 0.303 e. The van der Waals surface area contributed by atoms with Crippen molar-refractivity contribution in [3.63, 3.8) is 0 Å². The molecule has 3 aromatic carbocycles. The van der Waals surface area contributed by atoms with Crippen molar-refractivity contribution in [3.05, 3.63) is 138 Å². The molecule has 1 fully saturated rings. The lowest BCUT2D eigenvalue weighted by molar-refractivity contribution is -0.304. The zero-order valence-corrected chi connectivity index (χ0v) is 32.5. The zero-order valence-electron chi connectivity index (χ0n) is 32.5. The van der Waals surface area contributed by atoms with E-state index in [1.807, 2.05) is 97.9 Å². The summed E-state index contributed by atoms with van der Waals surface area (Å²) in [6.07, 6.45) is 2.07. The van der Waals surface area contributed by atoms with E-state index >= 15 is 0 Å². The fraction of sp³-hybridized carbons (Fsp3) is 0.255. The van der Waals surface area contributed by atoms with E-state index < -0.39 is 48.6 Å². The van der Waals surface area contributed by atoms with Gasteiger partial charge in [0.25, 0.3) is 0 Å². The average molecular weight is 779 g/mol. The fourth-order valence-electron chi connectivity index (χ4n) is 6.37. The van der Waals surface area contributed by atoms with E-state index in [-0.39, 0.29) is 13.2 Å². The summed E-state index contributed by atoms with van der Waals surface area (Å²) >= 11 is 0. The Kier molecular flexibility index (Phi) is 14.0. The molecule has 0 amide bonds. The van der Waals surface area contributed by atoms with Gasteiger partial charge in [-0.3, -0.25) is 24.4 Å². The minimum absolute atomic E-state index is 0.0175. The van der Waals surface area contributed by atoms with Crippen LogP contribution >= 0.6 is 0 Å². The molecule has 1 saturated heterocycles. The first-order valence-corrected chi connectivity index (χ1v) is 18.8. The van der Waals surface area contributed by atoms with Crippen LogP contribution in [0.5, 0.6) is 5.75 Å². The molecule has 3 heterocycles. The summed E-state index contributed by atoms with van der Waals surface area (Å²) < 4.78 is 35.2. The largest absolute Gasteiger partial charge is 0.489 e. The second-order valence-electron chi connectivity index (χ2n) is 13.2. The predicted molar refractivity (Wildman–Crippen MR) is 215 cm³/mol. The Balaban J connectivity index is 1.25. The van der Waals surface area contributed by atoms with Crippen molar-refractivity contribution in [1.82, 2.24) is 9.97 Å². The van der Waals surface area contributed by atoms with Crippen LogP contribution < -0.4 is 4.74 Å². The van der Waals surface area contributed by atoms with Crippen molar-refractivity contribution in [1.29, 1.82) is 0 Å². The number of ether oxygens (including phenoxy) is 6. The van der Waals surface area contributed by atoms with E-state index in [1.54, 1.807) is 24.8 Å². The molecule has 58 heavy (non-hydrogen) atoms. The third kappa shape index (κ3) is 10.9. The molecular weight excluding hydrogens is 737 g/mol. The third-order valence-corrected chi connectivity index (χ3v) is 9.01. The van der Waals surface area contributed by atoms with E-state index in [4.69, 9.17) is 28.4 Å². The number of carbonyl (C=O) groups excluding carboxylic acids is 3. The number of aromatic nitrogens is 2. The van der Waals surface area contributed by atoms with E-state index in [2.05, 4.69) is 33.6 Å². The minimum atomic E-state index is -1.23. The lowest BCUT2D eigenvalue weighted by Gasteiger charge is -2.44. The number of nitrogens with zero attached hydrogens (tertiary/aromatic N) is 2. The molecule has 294 valence electrons. The molecule has 2 aromatic heterocycles. The lowest BCUT2D eigenvalue weighted by atomic mass is 9.96. The van der Waals surface area contributed by atoms with E-state index in [0.717, 1.165) is 33.4 Å². The standard InChI is InChI=1S/C47H42N2O9/c1-5-42-44(55-31(2)50)45(56-32(3)51)46(57-33(4)52)47(58-42)54-30-29-53-43-40(19-13-34-9-15-36(16-10-34)38-21-25-48-26-22-38)7-6-8-41(43)20-14-35-11-17-37(18-12-35)39-23-27-49-28-24-39/h6-12,15-18,21-28,42,44-47H,5,29-30H2,1-4H3/t42?,44-,45+,46?,47-/m1/s1. The van der Waals surface area contributed by atoms with Crippen molar-refractivity contribution in [2.45, 2.75) is 64.8 Å². The predicted octanol–water partition coefficient (Wildman–Crippen LogP) is 6.94. The van der Waals surface area contributed by atoms with Crippen LogP contribution in [0.1, 0.15) is 56.4 Å². The molecule has 11 nitrogen and oxygen atoms in total. The van der Waals surface area contributed by atoms with E-state index in [9.17, 15) is 14.4 Å². The normalized spacial score (nSPS) is 18.3. The SMILES string of the molecule is CCC1O[C@@H](OCCOc2c(C#Cc3ccc(-c4ccncc4)cc3)cccc2C#Cc2ccc(-c3ccncc3)cc2)C(OC(C)=O)[C@@H](OC(C)=O)[C@@H]1OC(C)=O. The number of rotatable bonds is 11. The van der Waals surface area contributed by atoms with Crippen molar-refractivity contribution >= 4 is 17.9 Å². The maximum Gasteiger partial charge on any atom is 0.303 e. The summed E-state index contributed by atoms with van der Waals surface area (Å²) in [5.41, 5.74) is 7.04. The van der Waals surface area contributed by atoms with Crippen LogP contribution in [0.2, 0.25) is 0 Å². The Labute approximate surface area is 337 Å². The van der Waals surface area contributed by atoms with Crippen molar-refractivity contribution in [3.8, 4) is 51.7 Å². The van der Waals surface area contributed by atoms with Gasteiger partial charge in [0.05, 0.1) is 17.7 Å². The maximum atomic E-state index is 12.2. The number of hydrogen-bond donors (Lipinski definition) is 0. The molecule has 0 spiro atoms.